The van der Waals surface area contributed by atoms with Crippen LogP contribution >= 0.6 is 11.6 Å². The molecule has 0 spiro atoms. The Bertz CT molecular complexity index is 758. The number of aliphatic hydroxyl groups is 3. The van der Waals surface area contributed by atoms with Gasteiger partial charge < -0.3 is 19.9 Å². The number of aromatic nitrogens is 4. The lowest BCUT2D eigenvalue weighted by Crippen LogP contribution is -2.51. The molecule has 118 valence electrons. The Kier molecular flexibility index (Phi) is 2.82. The lowest BCUT2D eigenvalue weighted by atomic mass is 9.88. The number of nitrogens with zero attached hydrogens (tertiary/aromatic N) is 4. The van der Waals surface area contributed by atoms with Gasteiger partial charge in [0.1, 0.15) is 24.1 Å². The molecule has 3 N–H and O–H groups in total. The molecule has 0 aromatic carbocycles. The lowest BCUT2D eigenvalue weighted by molar-refractivity contribution is -0.122. The van der Waals surface area contributed by atoms with Crippen molar-refractivity contribution >= 4 is 22.8 Å². The quantitative estimate of drug-likeness (QED) is 0.690. The summed E-state index contributed by atoms with van der Waals surface area (Å²) < 4.78 is 15.1. The molecule has 4 rings (SSSR count). The van der Waals surface area contributed by atoms with Crippen LogP contribution in [-0.2, 0) is 0 Å². The maximum atomic E-state index is 13.6. The predicted octanol–water partition coefficient (Wildman–Crippen LogP) is 0.0945. The summed E-state index contributed by atoms with van der Waals surface area (Å²) in [6, 6.07) is -0.768. The van der Waals surface area contributed by atoms with Gasteiger partial charge in [0.2, 0.25) is 0 Å². The summed E-state index contributed by atoms with van der Waals surface area (Å²) in [5, 5.41) is 30.8. The first-order valence-electron chi connectivity index (χ1n) is 6.90. The van der Waals surface area contributed by atoms with Crippen LogP contribution in [-0.4, -0.2) is 59.8 Å². The number of rotatable bonds is 3. The molecule has 2 aromatic rings. The van der Waals surface area contributed by atoms with E-state index in [9.17, 15) is 19.7 Å². The second-order valence-corrected chi connectivity index (χ2v) is 6.52. The zero-order valence-corrected chi connectivity index (χ0v) is 12.2. The van der Waals surface area contributed by atoms with Gasteiger partial charge in [-0.25, -0.2) is 19.3 Å². The molecule has 0 radical (unpaired) electrons. The van der Waals surface area contributed by atoms with Crippen LogP contribution in [0.1, 0.15) is 12.5 Å². The highest BCUT2D eigenvalue weighted by Crippen LogP contribution is 2.70. The van der Waals surface area contributed by atoms with Crippen LogP contribution < -0.4 is 0 Å². The van der Waals surface area contributed by atoms with Crippen molar-refractivity contribution in [2.45, 2.75) is 24.2 Å². The zero-order chi connectivity index (χ0) is 15.7. The van der Waals surface area contributed by atoms with Gasteiger partial charge in [0.05, 0.1) is 25.1 Å². The van der Waals surface area contributed by atoms with Crippen LogP contribution in [0.15, 0.2) is 12.7 Å². The van der Waals surface area contributed by atoms with Crippen molar-refractivity contribution in [3.63, 3.8) is 0 Å². The average Bonchev–Trinajstić information content (AvgIpc) is 3.04. The van der Waals surface area contributed by atoms with Gasteiger partial charge in [-0.15, -0.1) is 0 Å². The van der Waals surface area contributed by atoms with Crippen LogP contribution in [0.5, 0.6) is 0 Å². The van der Waals surface area contributed by atoms with E-state index in [4.69, 9.17) is 11.6 Å². The first-order chi connectivity index (χ1) is 10.5. The molecule has 0 bridgehead atoms. The molecule has 5 atom stereocenters. The molecule has 0 unspecified atom stereocenters. The van der Waals surface area contributed by atoms with E-state index in [2.05, 4.69) is 15.0 Å². The Morgan fingerprint density at radius 2 is 2.18 bits per heavy atom. The van der Waals surface area contributed by atoms with Gasteiger partial charge >= 0.3 is 0 Å². The molecule has 0 aliphatic heterocycles. The summed E-state index contributed by atoms with van der Waals surface area (Å²) in [6.07, 6.45) is 1.83. The summed E-state index contributed by atoms with van der Waals surface area (Å²) in [5.74, 6) is -0.251. The van der Waals surface area contributed by atoms with Crippen molar-refractivity contribution in [2.24, 2.45) is 11.3 Å². The highest BCUT2D eigenvalue weighted by molar-refractivity contribution is 6.33. The van der Waals surface area contributed by atoms with E-state index in [0.29, 0.717) is 17.6 Å². The summed E-state index contributed by atoms with van der Waals surface area (Å²) in [4.78, 5) is 12.0. The van der Waals surface area contributed by atoms with Crippen LogP contribution in [0.4, 0.5) is 4.39 Å². The first-order valence-corrected chi connectivity index (χ1v) is 7.27. The monoisotopic (exact) mass is 328 g/mol. The third-order valence-corrected chi connectivity index (χ3v) is 5.49. The van der Waals surface area contributed by atoms with E-state index in [1.807, 2.05) is 0 Å². The minimum absolute atomic E-state index is 0.162. The summed E-state index contributed by atoms with van der Waals surface area (Å²) >= 11 is 5.96. The van der Waals surface area contributed by atoms with E-state index >= 15 is 0 Å². The molecular weight excluding hydrogens is 315 g/mol. The number of fused-ring (bicyclic) bond motifs is 2. The third kappa shape index (κ3) is 1.48. The SMILES string of the molecule is OC[C@@]12C[C@H]1[C@@H](n1cnc3c(Cl)ncnc31)[C@](O)(CF)[C@@H]2O. The summed E-state index contributed by atoms with van der Waals surface area (Å²) in [5.41, 5.74) is -2.14. The number of hydrogen-bond acceptors (Lipinski definition) is 6. The van der Waals surface area contributed by atoms with Crippen molar-refractivity contribution in [1.82, 2.24) is 19.5 Å². The van der Waals surface area contributed by atoms with Gasteiger partial charge in [-0.1, -0.05) is 11.6 Å². The van der Waals surface area contributed by atoms with Gasteiger partial charge in [0, 0.05) is 5.41 Å². The Balaban J connectivity index is 1.89. The molecule has 2 aliphatic carbocycles. The van der Waals surface area contributed by atoms with Crippen LogP contribution in [0.3, 0.4) is 0 Å². The molecule has 2 aliphatic rings. The van der Waals surface area contributed by atoms with Crippen molar-refractivity contribution in [3.8, 4) is 0 Å². The van der Waals surface area contributed by atoms with Gasteiger partial charge in [-0.05, 0) is 12.3 Å². The van der Waals surface area contributed by atoms with E-state index in [1.54, 1.807) is 0 Å². The van der Waals surface area contributed by atoms with Gasteiger partial charge in [0.15, 0.2) is 10.8 Å². The van der Waals surface area contributed by atoms with Crippen molar-refractivity contribution < 1.29 is 19.7 Å². The summed E-state index contributed by atoms with van der Waals surface area (Å²) in [6.45, 7) is -1.43. The zero-order valence-electron chi connectivity index (χ0n) is 11.4. The molecule has 7 nitrogen and oxygen atoms in total. The number of aliphatic hydroxyl groups excluding tert-OH is 2. The van der Waals surface area contributed by atoms with Gasteiger partial charge in [-0.3, -0.25) is 0 Å². The molecule has 9 heteroatoms. The fourth-order valence-corrected chi connectivity index (χ4v) is 4.16. The maximum absolute atomic E-state index is 13.6. The molecule has 0 saturated heterocycles. The van der Waals surface area contributed by atoms with E-state index in [0.717, 1.165) is 0 Å². The van der Waals surface area contributed by atoms with Crippen molar-refractivity contribution in [3.05, 3.63) is 17.8 Å². The fourth-order valence-electron chi connectivity index (χ4n) is 3.98. The molecule has 0 amide bonds. The first kappa shape index (κ1) is 14.3. The smallest absolute Gasteiger partial charge is 0.165 e. The van der Waals surface area contributed by atoms with E-state index in [1.165, 1.54) is 17.2 Å². The topological polar surface area (TPSA) is 104 Å². The number of halogens is 2. The average molecular weight is 329 g/mol. The van der Waals surface area contributed by atoms with Crippen molar-refractivity contribution in [1.29, 1.82) is 0 Å². The van der Waals surface area contributed by atoms with Crippen LogP contribution in [0, 0.1) is 11.3 Å². The molecule has 2 saturated carbocycles. The Hall–Kier alpha value is -1.35. The third-order valence-electron chi connectivity index (χ3n) is 5.21. The number of imidazole rings is 1. The molecule has 2 heterocycles. The summed E-state index contributed by atoms with van der Waals surface area (Å²) in [7, 11) is 0. The van der Waals surface area contributed by atoms with Crippen molar-refractivity contribution in [2.75, 3.05) is 13.3 Å². The minimum atomic E-state index is -1.99. The Labute approximate surface area is 129 Å². The maximum Gasteiger partial charge on any atom is 0.165 e. The Morgan fingerprint density at radius 1 is 1.41 bits per heavy atom. The van der Waals surface area contributed by atoms with Crippen LogP contribution in [0.25, 0.3) is 11.2 Å². The minimum Gasteiger partial charge on any atom is -0.396 e. The van der Waals surface area contributed by atoms with E-state index in [-0.39, 0.29) is 17.7 Å². The van der Waals surface area contributed by atoms with E-state index < -0.39 is 29.8 Å². The number of alkyl halides is 1. The highest BCUT2D eigenvalue weighted by atomic mass is 35.5. The highest BCUT2D eigenvalue weighted by Gasteiger charge is 2.77. The van der Waals surface area contributed by atoms with Crippen LogP contribution in [0.2, 0.25) is 5.15 Å². The second kappa shape index (κ2) is 4.35. The molecular formula is C13H14ClFN4O3. The Morgan fingerprint density at radius 3 is 2.86 bits per heavy atom. The molecule has 22 heavy (non-hydrogen) atoms. The fraction of sp³-hybridized carbons (Fsp3) is 0.615. The molecule has 2 fully saturated rings. The number of hydrogen-bond donors (Lipinski definition) is 3. The predicted molar refractivity (Wildman–Crippen MR) is 73.9 cm³/mol. The standard InChI is InChI=1S/C13H14ClFN4O3/c14-9-7-10(17-4-16-9)19(5-18-7)8-6-1-12(6,3-20)11(21)13(8,22)2-15/h4-6,8,11,20-22H,1-3H2/t6-,8+,11+,12-,13+/m0/s1. The molecule has 2 aromatic heterocycles. The largest absolute Gasteiger partial charge is 0.396 e. The second-order valence-electron chi connectivity index (χ2n) is 6.16. The normalized spacial score (nSPS) is 40.1. The van der Waals surface area contributed by atoms with Gasteiger partial charge in [0.25, 0.3) is 0 Å². The lowest BCUT2D eigenvalue weighted by Gasteiger charge is -2.35. The van der Waals surface area contributed by atoms with Gasteiger partial charge in [-0.2, -0.15) is 0 Å².